The van der Waals surface area contributed by atoms with Crippen molar-refractivity contribution in [3.63, 3.8) is 0 Å². The number of hydrogen-bond donors (Lipinski definition) is 0. The van der Waals surface area contributed by atoms with Gasteiger partial charge in [0.2, 0.25) is 0 Å². The van der Waals surface area contributed by atoms with Gasteiger partial charge < -0.3 is 13.7 Å². The molecule has 0 N–H and O–H groups in total. The van der Waals surface area contributed by atoms with Crippen molar-refractivity contribution in [1.82, 2.24) is 0 Å². The number of alkyl halides is 3. The predicted molar refractivity (Wildman–Crippen MR) is 64.2 cm³/mol. The first-order valence-electron chi connectivity index (χ1n) is 6.70. The molecule has 3 rings (SSSR count). The highest BCUT2D eigenvalue weighted by Gasteiger charge is 2.53. The molecule has 1 saturated carbocycles. The van der Waals surface area contributed by atoms with Crippen molar-refractivity contribution in [2.24, 2.45) is 11.8 Å². The van der Waals surface area contributed by atoms with E-state index < -0.39 is 21.4 Å². The summed E-state index contributed by atoms with van der Waals surface area (Å²) in [4.78, 5) is 0. The van der Waals surface area contributed by atoms with Crippen molar-refractivity contribution in [3.05, 3.63) is 11.8 Å². The molecule has 5 nitrogen and oxygen atoms in total. The lowest BCUT2D eigenvalue weighted by Gasteiger charge is -2.34. The Bertz CT molecular complexity index is 548. The zero-order valence-corrected chi connectivity index (χ0v) is 11.9. The number of rotatable bonds is 2. The van der Waals surface area contributed by atoms with E-state index in [1.54, 1.807) is 0 Å². The number of hydrogen-bond acceptors (Lipinski definition) is 5. The second-order valence-corrected chi connectivity index (χ2v) is 7.15. The van der Waals surface area contributed by atoms with Gasteiger partial charge in [-0.05, 0) is 24.3 Å². The third-order valence-electron chi connectivity index (χ3n) is 4.11. The van der Waals surface area contributed by atoms with Crippen LogP contribution < -0.4 is 0 Å². The first kappa shape index (κ1) is 15.1. The lowest BCUT2D eigenvalue weighted by Crippen LogP contribution is -2.38. The van der Waals surface area contributed by atoms with Crippen LogP contribution in [-0.2, 0) is 23.8 Å². The van der Waals surface area contributed by atoms with Crippen LogP contribution in [0.4, 0.5) is 13.2 Å². The van der Waals surface area contributed by atoms with Crippen LogP contribution in [0.5, 0.6) is 0 Å². The molecule has 0 bridgehead atoms. The standard InChI is InChI=1S/C12H15F3O5S/c13-12(14,15)21(16,17)20-10-4-8-6-11(7-9(8)5-10)18-2-1-3-19-11/h4,8-9H,1-3,5-7H2/t8-,9+/m0/s1. The van der Waals surface area contributed by atoms with Gasteiger partial charge in [-0.15, -0.1) is 0 Å². The third-order valence-corrected chi connectivity index (χ3v) is 5.11. The minimum absolute atomic E-state index is 0.00142. The summed E-state index contributed by atoms with van der Waals surface area (Å²) >= 11 is 0. The predicted octanol–water partition coefficient (Wildman–Crippen LogP) is 2.30. The maximum Gasteiger partial charge on any atom is 0.534 e. The summed E-state index contributed by atoms with van der Waals surface area (Å²) in [5.74, 6) is -0.852. The summed E-state index contributed by atoms with van der Waals surface area (Å²) < 4.78 is 74.3. The monoisotopic (exact) mass is 328 g/mol. The van der Waals surface area contributed by atoms with Gasteiger partial charge in [0.15, 0.2) is 5.79 Å². The van der Waals surface area contributed by atoms with E-state index in [4.69, 9.17) is 9.47 Å². The fraction of sp³-hybridized carbons (Fsp3) is 0.833. The van der Waals surface area contributed by atoms with Crippen LogP contribution in [0.25, 0.3) is 0 Å². The molecule has 0 amide bonds. The highest BCUT2D eigenvalue weighted by atomic mass is 32.2. The van der Waals surface area contributed by atoms with Crippen molar-refractivity contribution in [3.8, 4) is 0 Å². The normalized spacial score (nSPS) is 32.0. The molecule has 21 heavy (non-hydrogen) atoms. The summed E-state index contributed by atoms with van der Waals surface area (Å²) in [6.45, 7) is 1.21. The third kappa shape index (κ3) is 2.78. The average molecular weight is 328 g/mol. The van der Waals surface area contributed by atoms with Gasteiger partial charge in [-0.2, -0.15) is 21.6 Å². The Morgan fingerprint density at radius 2 is 1.90 bits per heavy atom. The first-order valence-corrected chi connectivity index (χ1v) is 8.11. The zero-order chi connectivity index (χ0) is 15.3. The number of halogens is 3. The Labute approximate surface area is 120 Å². The fourth-order valence-corrected chi connectivity index (χ4v) is 3.75. The molecule has 1 aliphatic heterocycles. The number of allylic oxidation sites excluding steroid dienone is 2. The van der Waals surface area contributed by atoms with Crippen LogP contribution in [0.15, 0.2) is 11.8 Å². The fourth-order valence-electron chi connectivity index (χ4n) is 3.25. The molecule has 0 aromatic rings. The molecule has 1 saturated heterocycles. The highest BCUT2D eigenvalue weighted by molar-refractivity contribution is 7.87. The van der Waals surface area contributed by atoms with E-state index in [1.807, 2.05) is 0 Å². The van der Waals surface area contributed by atoms with Gasteiger partial charge in [-0.3, -0.25) is 0 Å². The van der Waals surface area contributed by atoms with Gasteiger partial charge >= 0.3 is 15.6 Å². The second-order valence-electron chi connectivity index (χ2n) is 5.61. The van der Waals surface area contributed by atoms with Crippen LogP contribution in [-0.4, -0.2) is 32.9 Å². The van der Waals surface area contributed by atoms with Crippen molar-refractivity contribution in [1.29, 1.82) is 0 Å². The minimum Gasteiger partial charge on any atom is -0.381 e. The quantitative estimate of drug-likeness (QED) is 0.575. The molecule has 0 aromatic carbocycles. The van der Waals surface area contributed by atoms with Crippen LogP contribution >= 0.6 is 0 Å². The molecule has 0 radical (unpaired) electrons. The maximum atomic E-state index is 12.3. The van der Waals surface area contributed by atoms with Crippen molar-refractivity contribution >= 4 is 10.1 Å². The zero-order valence-electron chi connectivity index (χ0n) is 11.1. The van der Waals surface area contributed by atoms with E-state index in [0.29, 0.717) is 26.1 Å². The summed E-state index contributed by atoms with van der Waals surface area (Å²) in [5.41, 5.74) is -5.40. The van der Waals surface area contributed by atoms with Crippen molar-refractivity contribution < 1.29 is 35.2 Å². The van der Waals surface area contributed by atoms with E-state index in [0.717, 1.165) is 6.42 Å². The summed E-state index contributed by atoms with van der Waals surface area (Å²) in [5, 5.41) is 0. The van der Waals surface area contributed by atoms with Gasteiger partial charge in [0.25, 0.3) is 0 Å². The van der Waals surface area contributed by atoms with Crippen LogP contribution in [0.3, 0.4) is 0 Å². The van der Waals surface area contributed by atoms with Crippen molar-refractivity contribution in [2.45, 2.75) is 37.0 Å². The van der Waals surface area contributed by atoms with Gasteiger partial charge in [0.1, 0.15) is 5.76 Å². The van der Waals surface area contributed by atoms with Gasteiger partial charge in [-0.1, -0.05) is 0 Å². The van der Waals surface area contributed by atoms with E-state index >= 15 is 0 Å². The van der Waals surface area contributed by atoms with Gasteiger partial charge in [0.05, 0.1) is 13.2 Å². The second kappa shape index (κ2) is 4.85. The molecular weight excluding hydrogens is 313 g/mol. The van der Waals surface area contributed by atoms with Crippen LogP contribution in [0, 0.1) is 11.8 Å². The molecule has 2 atom stereocenters. The Hall–Kier alpha value is -0.800. The molecule has 3 aliphatic rings. The first-order chi connectivity index (χ1) is 9.71. The molecule has 9 heteroatoms. The summed E-state index contributed by atoms with van der Waals surface area (Å²) in [6, 6.07) is 0. The van der Waals surface area contributed by atoms with Gasteiger partial charge in [-0.25, -0.2) is 0 Å². The number of ether oxygens (including phenoxy) is 2. The van der Waals surface area contributed by atoms with Crippen LogP contribution in [0.2, 0.25) is 0 Å². The Kier molecular flexibility index (Phi) is 3.49. The summed E-state index contributed by atoms with van der Waals surface area (Å²) in [6.07, 6.45) is 3.52. The van der Waals surface area contributed by atoms with Crippen LogP contribution in [0.1, 0.15) is 25.7 Å². The lowest BCUT2D eigenvalue weighted by molar-refractivity contribution is -0.264. The molecule has 0 aromatic heterocycles. The molecular formula is C12H15F3O5S. The van der Waals surface area contributed by atoms with E-state index in [1.165, 1.54) is 6.08 Å². The van der Waals surface area contributed by atoms with Gasteiger partial charge in [0, 0.05) is 19.3 Å². The SMILES string of the molecule is O=S(=O)(OC1=C[C@H]2CC3(C[C@H]2C1)OCCCO3)C(F)(F)F. The van der Waals surface area contributed by atoms with Crippen molar-refractivity contribution in [2.75, 3.05) is 13.2 Å². The smallest absolute Gasteiger partial charge is 0.381 e. The lowest BCUT2D eigenvalue weighted by atomic mass is 10.0. The summed E-state index contributed by atoms with van der Waals surface area (Å²) in [7, 11) is -5.58. The van der Waals surface area contributed by atoms with E-state index in [-0.39, 0.29) is 24.0 Å². The molecule has 120 valence electrons. The molecule has 1 spiro atoms. The molecule has 0 unspecified atom stereocenters. The Morgan fingerprint density at radius 1 is 1.24 bits per heavy atom. The largest absolute Gasteiger partial charge is 0.534 e. The Morgan fingerprint density at radius 3 is 2.48 bits per heavy atom. The number of fused-ring (bicyclic) bond motifs is 1. The molecule has 1 heterocycles. The molecule has 2 fully saturated rings. The topological polar surface area (TPSA) is 61.8 Å². The average Bonchev–Trinajstić information content (AvgIpc) is 2.82. The van der Waals surface area contributed by atoms with E-state index in [9.17, 15) is 21.6 Å². The maximum absolute atomic E-state index is 12.3. The highest BCUT2D eigenvalue weighted by Crippen LogP contribution is 2.51. The Balaban J connectivity index is 1.67. The minimum atomic E-state index is -5.58. The van der Waals surface area contributed by atoms with E-state index in [2.05, 4.69) is 4.18 Å². The molecule has 2 aliphatic carbocycles.